The van der Waals surface area contributed by atoms with Gasteiger partial charge in [-0.25, -0.2) is 4.79 Å². The molecule has 72 valence electrons. The summed E-state index contributed by atoms with van der Waals surface area (Å²) < 4.78 is 5.20. The Kier molecular flexibility index (Phi) is 1.82. The van der Waals surface area contributed by atoms with Gasteiger partial charge >= 0.3 is 6.09 Å². The number of hydrogen-bond acceptors (Lipinski definition) is 2. The molecule has 0 radical (unpaired) electrons. The third kappa shape index (κ3) is 1.23. The molecule has 0 aromatic rings. The van der Waals surface area contributed by atoms with Gasteiger partial charge in [0, 0.05) is 5.92 Å². The second kappa shape index (κ2) is 2.76. The molecular formula is C10H15NO2. The van der Waals surface area contributed by atoms with Crippen LogP contribution in [0, 0.1) is 11.8 Å². The molecule has 2 fully saturated rings. The van der Waals surface area contributed by atoms with E-state index in [4.69, 9.17) is 10.5 Å². The number of rotatable bonds is 2. The van der Waals surface area contributed by atoms with Gasteiger partial charge < -0.3 is 10.5 Å². The van der Waals surface area contributed by atoms with Gasteiger partial charge in [-0.15, -0.1) is 0 Å². The van der Waals surface area contributed by atoms with Crippen molar-refractivity contribution in [3.63, 3.8) is 0 Å². The average molecular weight is 181 g/mol. The molecule has 3 atom stereocenters. The summed E-state index contributed by atoms with van der Waals surface area (Å²) in [5, 5.41) is 0. The molecule has 3 nitrogen and oxygen atoms in total. The number of carbonyl (C=O) groups excluding carboxylic acids is 1. The average Bonchev–Trinajstić information content (AvgIpc) is 2.62. The lowest BCUT2D eigenvalue weighted by molar-refractivity contribution is 0.0127. The molecular weight excluding hydrogens is 166 g/mol. The maximum absolute atomic E-state index is 10.7. The van der Waals surface area contributed by atoms with E-state index in [1.54, 1.807) is 6.08 Å². The summed E-state index contributed by atoms with van der Waals surface area (Å²) in [4.78, 5) is 10.7. The number of amides is 1. The molecule has 0 saturated heterocycles. The number of carbonyl (C=O) groups is 1. The first-order chi connectivity index (χ1) is 6.16. The van der Waals surface area contributed by atoms with Gasteiger partial charge in [0.25, 0.3) is 0 Å². The lowest BCUT2D eigenvalue weighted by Crippen LogP contribution is -2.40. The Morgan fingerprint density at radius 2 is 2.38 bits per heavy atom. The molecule has 2 rings (SSSR count). The smallest absolute Gasteiger partial charge is 0.405 e. The van der Waals surface area contributed by atoms with Gasteiger partial charge in [0.15, 0.2) is 0 Å². The predicted octanol–water partition coefficient (Wildman–Crippen LogP) is 1.83. The van der Waals surface area contributed by atoms with Crippen LogP contribution in [-0.2, 0) is 4.74 Å². The van der Waals surface area contributed by atoms with Crippen molar-refractivity contribution >= 4 is 6.09 Å². The molecule has 3 heteroatoms. The van der Waals surface area contributed by atoms with Crippen LogP contribution in [0.5, 0.6) is 0 Å². The quantitative estimate of drug-likeness (QED) is 0.661. The lowest BCUT2D eigenvalue weighted by atomic mass is 9.84. The molecule has 13 heavy (non-hydrogen) atoms. The third-order valence-corrected chi connectivity index (χ3v) is 3.48. The Bertz CT molecular complexity index is 251. The first-order valence-electron chi connectivity index (χ1n) is 4.78. The molecule has 0 spiro atoms. The highest BCUT2D eigenvalue weighted by atomic mass is 16.6. The molecule has 2 saturated carbocycles. The van der Waals surface area contributed by atoms with E-state index in [0.29, 0.717) is 11.8 Å². The van der Waals surface area contributed by atoms with Crippen molar-refractivity contribution in [2.24, 2.45) is 17.6 Å². The summed E-state index contributed by atoms with van der Waals surface area (Å²) in [7, 11) is 0. The first kappa shape index (κ1) is 8.60. The molecule has 0 aromatic carbocycles. The van der Waals surface area contributed by atoms with Crippen molar-refractivity contribution in [1.82, 2.24) is 0 Å². The van der Waals surface area contributed by atoms with Gasteiger partial charge in [0.1, 0.15) is 5.60 Å². The van der Waals surface area contributed by atoms with Crippen LogP contribution in [0.15, 0.2) is 12.7 Å². The Labute approximate surface area is 77.9 Å². The van der Waals surface area contributed by atoms with Gasteiger partial charge in [-0.3, -0.25) is 0 Å². The van der Waals surface area contributed by atoms with Crippen LogP contribution < -0.4 is 5.73 Å². The van der Waals surface area contributed by atoms with Crippen LogP contribution in [0.1, 0.15) is 25.7 Å². The summed E-state index contributed by atoms with van der Waals surface area (Å²) in [5.74, 6) is 1.17. The monoisotopic (exact) mass is 181 g/mol. The molecule has 0 aromatic heterocycles. The van der Waals surface area contributed by atoms with E-state index in [1.165, 1.54) is 12.8 Å². The maximum atomic E-state index is 10.7. The zero-order valence-electron chi connectivity index (χ0n) is 7.66. The summed E-state index contributed by atoms with van der Waals surface area (Å²) >= 11 is 0. The summed E-state index contributed by atoms with van der Waals surface area (Å²) in [6, 6.07) is 0. The number of hydrogen-bond donors (Lipinski definition) is 1. The van der Waals surface area contributed by atoms with Crippen molar-refractivity contribution in [3.05, 3.63) is 12.7 Å². The molecule has 0 heterocycles. The van der Waals surface area contributed by atoms with Crippen LogP contribution in [0.3, 0.4) is 0 Å². The number of fused-ring (bicyclic) bond motifs is 2. The molecule has 2 bridgehead atoms. The van der Waals surface area contributed by atoms with Gasteiger partial charge in [0.2, 0.25) is 0 Å². The first-order valence-corrected chi connectivity index (χ1v) is 4.78. The minimum absolute atomic E-state index is 0.436. The predicted molar refractivity (Wildman–Crippen MR) is 49.0 cm³/mol. The van der Waals surface area contributed by atoms with E-state index in [1.807, 2.05) is 0 Å². The van der Waals surface area contributed by atoms with E-state index in [9.17, 15) is 4.79 Å². The fraction of sp³-hybridized carbons (Fsp3) is 0.700. The zero-order valence-corrected chi connectivity index (χ0v) is 7.66. The largest absolute Gasteiger partial charge is 0.439 e. The molecule has 3 unspecified atom stereocenters. The molecule has 2 N–H and O–H groups in total. The minimum Gasteiger partial charge on any atom is -0.439 e. The van der Waals surface area contributed by atoms with Gasteiger partial charge in [0.05, 0.1) is 0 Å². The van der Waals surface area contributed by atoms with Crippen LogP contribution in [-0.4, -0.2) is 11.7 Å². The second-order valence-electron chi connectivity index (χ2n) is 4.16. The highest BCUT2D eigenvalue weighted by molar-refractivity contribution is 5.65. The summed E-state index contributed by atoms with van der Waals surface area (Å²) in [5.41, 5.74) is 4.62. The standard InChI is InChI=1S/C10H15NO2/c1-2-10(13-9(11)12)6-7-3-4-8(10)5-7/h2,7-8H,1,3-6H2,(H2,11,12). The van der Waals surface area contributed by atoms with Crippen LogP contribution in [0.4, 0.5) is 4.79 Å². The van der Waals surface area contributed by atoms with Crippen molar-refractivity contribution in [2.75, 3.05) is 0 Å². The third-order valence-electron chi connectivity index (χ3n) is 3.48. The van der Waals surface area contributed by atoms with Crippen LogP contribution in [0.2, 0.25) is 0 Å². The van der Waals surface area contributed by atoms with Crippen LogP contribution >= 0.6 is 0 Å². The Morgan fingerprint density at radius 3 is 2.77 bits per heavy atom. The summed E-state index contributed by atoms with van der Waals surface area (Å²) in [6.45, 7) is 3.75. The lowest BCUT2D eigenvalue weighted by Gasteiger charge is -2.33. The van der Waals surface area contributed by atoms with Crippen LogP contribution in [0.25, 0.3) is 0 Å². The van der Waals surface area contributed by atoms with E-state index < -0.39 is 11.7 Å². The van der Waals surface area contributed by atoms with Crippen molar-refractivity contribution < 1.29 is 9.53 Å². The number of primary amides is 1. The summed E-state index contributed by atoms with van der Waals surface area (Å²) in [6.07, 6.45) is 5.59. The fourth-order valence-electron chi connectivity index (χ4n) is 2.93. The maximum Gasteiger partial charge on any atom is 0.405 e. The Balaban J connectivity index is 2.17. The van der Waals surface area contributed by atoms with Gasteiger partial charge in [-0.05, 0) is 37.7 Å². The van der Waals surface area contributed by atoms with E-state index >= 15 is 0 Å². The molecule has 1 amide bonds. The number of nitrogens with two attached hydrogens (primary N) is 1. The molecule has 0 aliphatic heterocycles. The Morgan fingerprint density at radius 1 is 1.62 bits per heavy atom. The zero-order chi connectivity index (χ0) is 9.47. The van der Waals surface area contributed by atoms with E-state index in [-0.39, 0.29) is 0 Å². The van der Waals surface area contributed by atoms with Gasteiger partial charge in [-0.2, -0.15) is 0 Å². The molecule has 2 aliphatic carbocycles. The number of ether oxygens (including phenoxy) is 1. The normalized spacial score (nSPS) is 41.8. The van der Waals surface area contributed by atoms with Gasteiger partial charge in [-0.1, -0.05) is 6.58 Å². The second-order valence-corrected chi connectivity index (χ2v) is 4.16. The van der Waals surface area contributed by atoms with Crippen molar-refractivity contribution in [2.45, 2.75) is 31.3 Å². The SMILES string of the molecule is C=CC1(OC(N)=O)CC2CCC1C2. The van der Waals surface area contributed by atoms with E-state index in [0.717, 1.165) is 12.8 Å². The highest BCUT2D eigenvalue weighted by Crippen LogP contribution is 2.53. The topological polar surface area (TPSA) is 52.3 Å². The highest BCUT2D eigenvalue weighted by Gasteiger charge is 2.51. The van der Waals surface area contributed by atoms with Crippen molar-refractivity contribution in [1.29, 1.82) is 0 Å². The Hall–Kier alpha value is -0.990. The minimum atomic E-state index is -0.674. The van der Waals surface area contributed by atoms with E-state index in [2.05, 4.69) is 6.58 Å². The van der Waals surface area contributed by atoms with Crippen molar-refractivity contribution in [3.8, 4) is 0 Å². The fourth-order valence-corrected chi connectivity index (χ4v) is 2.93. The molecule has 2 aliphatic rings.